The molecule has 0 unspecified atom stereocenters. The predicted octanol–water partition coefficient (Wildman–Crippen LogP) is 2.67. The van der Waals surface area contributed by atoms with Crippen molar-refractivity contribution in [1.82, 2.24) is 9.77 Å². The van der Waals surface area contributed by atoms with Crippen molar-refractivity contribution in [2.45, 2.75) is 62.2 Å². The Morgan fingerprint density at radius 1 is 0.645 bits per heavy atom. The second-order valence-electron chi connectivity index (χ2n) is 9.07. The summed E-state index contributed by atoms with van der Waals surface area (Å²) in [6.45, 7) is 11.4. The zero-order valence-electron chi connectivity index (χ0n) is 18.6. The lowest BCUT2D eigenvalue weighted by Crippen LogP contribution is -2.33. The molecule has 11 heteroatoms. The van der Waals surface area contributed by atoms with Gasteiger partial charge in [-0.2, -0.15) is 0 Å². The van der Waals surface area contributed by atoms with Gasteiger partial charge in [0, 0.05) is 0 Å². The molecule has 2 N–H and O–H groups in total. The molecule has 0 fully saturated rings. The number of benzene rings is 2. The van der Waals surface area contributed by atoms with E-state index in [9.17, 15) is 16.8 Å². The number of hydrogen-bond donors (Lipinski definition) is 2. The molecule has 8 nitrogen and oxygen atoms in total. The Labute approximate surface area is 185 Å². The SMILES string of the molecule is CC(C)(C)c1ccccc1S(=O)(=O)NOBONS(=O)(=O)c1ccccc1C(C)(C)C. The third kappa shape index (κ3) is 6.61. The summed E-state index contributed by atoms with van der Waals surface area (Å²) in [5.74, 6) is 0. The van der Waals surface area contributed by atoms with Crippen molar-refractivity contribution in [1.29, 1.82) is 0 Å². The summed E-state index contributed by atoms with van der Waals surface area (Å²) in [5, 5.41) is 0. The van der Waals surface area contributed by atoms with Crippen molar-refractivity contribution in [2.75, 3.05) is 0 Å². The van der Waals surface area contributed by atoms with Crippen molar-refractivity contribution >= 4 is 27.7 Å². The van der Waals surface area contributed by atoms with Crippen LogP contribution in [-0.2, 0) is 40.4 Å². The average molecular weight is 468 g/mol. The summed E-state index contributed by atoms with van der Waals surface area (Å²) in [4.78, 5) is 4.07. The van der Waals surface area contributed by atoms with E-state index in [0.717, 1.165) is 0 Å². The smallest absolute Gasteiger partial charge is 0.315 e. The lowest BCUT2D eigenvalue weighted by Gasteiger charge is -2.23. The maximum atomic E-state index is 12.6. The standard InChI is InChI=1S/C20H29BN2O6S2/c1-19(2,3)15-11-7-9-13-17(15)30(24,25)22-28-21-29-23-31(26,27)18-14-10-8-12-16(18)20(4,5)6/h7-14,21-23H,1-6H3. The van der Waals surface area contributed by atoms with Gasteiger partial charge >= 0.3 is 7.69 Å². The fraction of sp³-hybridized carbons (Fsp3) is 0.400. The molecule has 2 aromatic rings. The average Bonchev–Trinajstić information content (AvgIpc) is 2.66. The van der Waals surface area contributed by atoms with Crippen molar-refractivity contribution < 1.29 is 26.3 Å². The molecule has 0 saturated carbocycles. The largest absolute Gasteiger partial charge is 0.476 e. The monoisotopic (exact) mass is 468 g/mol. The summed E-state index contributed by atoms with van der Waals surface area (Å²) in [5.41, 5.74) is 0.425. The fourth-order valence-corrected chi connectivity index (χ4v) is 5.39. The van der Waals surface area contributed by atoms with Gasteiger partial charge in [0.15, 0.2) is 0 Å². The molecule has 0 aliphatic rings. The van der Waals surface area contributed by atoms with Crippen molar-refractivity contribution in [3.05, 3.63) is 59.7 Å². The molecular weight excluding hydrogens is 439 g/mol. The van der Waals surface area contributed by atoms with E-state index in [1.54, 1.807) is 36.4 Å². The van der Waals surface area contributed by atoms with Crippen LogP contribution in [0.5, 0.6) is 0 Å². The Balaban J connectivity index is 2.02. The molecule has 0 aromatic heterocycles. The van der Waals surface area contributed by atoms with Crippen LogP contribution >= 0.6 is 0 Å². The first-order valence-electron chi connectivity index (χ1n) is 9.62. The lowest BCUT2D eigenvalue weighted by molar-refractivity contribution is 0.172. The van der Waals surface area contributed by atoms with Gasteiger partial charge in [-0.15, -0.1) is 9.77 Å². The molecule has 2 rings (SSSR count). The minimum atomic E-state index is -4.00. The van der Waals surface area contributed by atoms with Crippen LogP contribution in [0.15, 0.2) is 58.3 Å². The van der Waals surface area contributed by atoms with Crippen LogP contribution in [0.2, 0.25) is 0 Å². The maximum Gasteiger partial charge on any atom is 0.476 e. The second kappa shape index (κ2) is 9.39. The molecule has 0 spiro atoms. The van der Waals surface area contributed by atoms with Gasteiger partial charge in [-0.25, -0.2) is 16.8 Å². The van der Waals surface area contributed by atoms with Crippen LogP contribution in [0.4, 0.5) is 0 Å². The zero-order valence-corrected chi connectivity index (χ0v) is 20.2. The number of hydrogen-bond acceptors (Lipinski definition) is 6. The molecule has 0 heterocycles. The fourth-order valence-electron chi connectivity index (χ4n) is 2.96. The van der Waals surface area contributed by atoms with E-state index < -0.39 is 38.6 Å². The first kappa shape index (κ1) is 25.5. The van der Waals surface area contributed by atoms with Crippen LogP contribution in [-0.4, -0.2) is 24.5 Å². The number of sulfonamides is 2. The number of rotatable bonds is 8. The molecule has 31 heavy (non-hydrogen) atoms. The van der Waals surface area contributed by atoms with Gasteiger partial charge in [0.25, 0.3) is 20.0 Å². The van der Waals surface area contributed by atoms with E-state index in [2.05, 4.69) is 0 Å². The summed E-state index contributed by atoms with van der Waals surface area (Å²) < 4.78 is 60.1. The van der Waals surface area contributed by atoms with Gasteiger partial charge in [-0.3, -0.25) is 0 Å². The van der Waals surface area contributed by atoms with E-state index >= 15 is 0 Å². The van der Waals surface area contributed by atoms with Gasteiger partial charge in [0.1, 0.15) is 0 Å². The minimum Gasteiger partial charge on any atom is -0.315 e. The molecule has 0 radical (unpaired) electrons. The summed E-state index contributed by atoms with van der Waals surface area (Å²) in [6.07, 6.45) is 0. The van der Waals surface area contributed by atoms with E-state index in [1.807, 2.05) is 51.3 Å². The van der Waals surface area contributed by atoms with Gasteiger partial charge in [0.2, 0.25) is 0 Å². The minimum absolute atomic E-state index is 0.0715. The van der Waals surface area contributed by atoms with Crippen molar-refractivity contribution in [2.24, 2.45) is 0 Å². The molecule has 0 bridgehead atoms. The lowest BCUT2D eigenvalue weighted by atomic mass is 9.87. The van der Waals surface area contributed by atoms with Crippen molar-refractivity contribution in [3.63, 3.8) is 0 Å². The third-order valence-corrected chi connectivity index (χ3v) is 6.97. The summed E-state index contributed by atoms with van der Waals surface area (Å²) >= 11 is 0. The third-order valence-electron chi connectivity index (χ3n) is 4.42. The van der Waals surface area contributed by atoms with Crippen LogP contribution in [0.25, 0.3) is 0 Å². The highest BCUT2D eigenvalue weighted by Gasteiger charge is 2.27. The van der Waals surface area contributed by atoms with Gasteiger partial charge in [0.05, 0.1) is 9.79 Å². The zero-order chi connectivity index (χ0) is 23.5. The molecule has 0 saturated heterocycles. The van der Waals surface area contributed by atoms with E-state index in [4.69, 9.17) is 9.51 Å². The van der Waals surface area contributed by atoms with Crippen LogP contribution < -0.4 is 9.77 Å². The maximum absolute atomic E-state index is 12.6. The van der Waals surface area contributed by atoms with Gasteiger partial charge < -0.3 is 9.51 Å². The normalized spacial score (nSPS) is 13.2. The van der Waals surface area contributed by atoms with Gasteiger partial charge in [-0.1, -0.05) is 77.9 Å². The van der Waals surface area contributed by atoms with E-state index in [1.165, 1.54) is 12.1 Å². The number of nitrogens with one attached hydrogen (secondary N) is 2. The molecular formula is C20H29BN2O6S2. The molecule has 0 amide bonds. The Kier molecular flexibility index (Phi) is 7.73. The Hall–Kier alpha value is -1.76. The van der Waals surface area contributed by atoms with Gasteiger partial charge in [-0.05, 0) is 34.1 Å². The highest BCUT2D eigenvalue weighted by atomic mass is 32.2. The van der Waals surface area contributed by atoms with Crippen molar-refractivity contribution in [3.8, 4) is 0 Å². The topological polar surface area (TPSA) is 111 Å². The van der Waals surface area contributed by atoms with Crippen LogP contribution in [0, 0.1) is 0 Å². The molecule has 2 aromatic carbocycles. The van der Waals surface area contributed by atoms with Crippen LogP contribution in [0.3, 0.4) is 0 Å². The first-order valence-corrected chi connectivity index (χ1v) is 12.6. The highest BCUT2D eigenvalue weighted by Crippen LogP contribution is 2.29. The Morgan fingerprint density at radius 2 is 0.968 bits per heavy atom. The Bertz CT molecular complexity index is 1030. The molecule has 0 atom stereocenters. The van der Waals surface area contributed by atoms with E-state index in [-0.39, 0.29) is 9.79 Å². The second-order valence-corrected chi connectivity index (χ2v) is 12.3. The quantitative estimate of drug-likeness (QED) is 0.350. The van der Waals surface area contributed by atoms with E-state index in [0.29, 0.717) is 11.1 Å². The summed E-state index contributed by atoms with van der Waals surface area (Å²) in [7, 11) is -8.67. The Morgan fingerprint density at radius 3 is 1.29 bits per heavy atom. The predicted molar refractivity (Wildman–Crippen MR) is 120 cm³/mol. The first-order chi connectivity index (χ1) is 14.2. The summed E-state index contributed by atoms with van der Waals surface area (Å²) in [6, 6.07) is 13.1. The molecule has 0 aliphatic carbocycles. The molecule has 0 aliphatic heterocycles. The van der Waals surface area contributed by atoms with Crippen LogP contribution in [0.1, 0.15) is 52.7 Å². The highest BCUT2D eigenvalue weighted by molar-refractivity contribution is 7.89. The molecule has 170 valence electrons.